The van der Waals surface area contributed by atoms with Crippen LogP contribution in [0.5, 0.6) is 0 Å². The Labute approximate surface area is 186 Å². The van der Waals surface area contributed by atoms with E-state index in [0.717, 1.165) is 0 Å². The predicted octanol–water partition coefficient (Wildman–Crippen LogP) is 6.38. The summed E-state index contributed by atoms with van der Waals surface area (Å²) in [5, 5.41) is 15.3. The Balaban J connectivity index is -0.000000216. The first-order valence-electron chi connectivity index (χ1n) is 6.96. The molecule has 2 N–H and O–H groups in total. The van der Waals surface area contributed by atoms with Crippen molar-refractivity contribution in [3.05, 3.63) is 7.43 Å². The Morgan fingerprint density at radius 2 is 0.559 bits per heavy atom. The van der Waals surface area contributed by atoms with Crippen molar-refractivity contribution in [1.29, 1.82) is 0 Å². The number of hydrogen-bond acceptors (Lipinski definition) is 3. The van der Waals surface area contributed by atoms with Gasteiger partial charge < -0.3 is 17.6 Å². The van der Waals surface area contributed by atoms with Crippen molar-refractivity contribution in [2.45, 2.75) is 68.1 Å². The Bertz CT molecular complexity index is 489. The summed E-state index contributed by atoms with van der Waals surface area (Å²) in [4.78, 5) is 0. The topological polar surface area (TPSA) is 52.8 Å². The molecule has 3 nitrogen and oxygen atoms in total. The average molecular weight is 595 g/mol. The second kappa shape index (κ2) is 11.9. The SMILES string of the molecule is CC(C)[N]=[V].OC(C(F)(F)F)(C(F)(F)F)C(F)(F)F.OC(C(F)(F)F)(C(F)(F)F)C(F)(F)F.[CH3-]. The number of rotatable bonds is 1. The molecule has 0 aliphatic rings. The minimum atomic E-state index is -6.87. The van der Waals surface area contributed by atoms with Crippen molar-refractivity contribution in [2.24, 2.45) is 3.79 Å². The second-order valence-corrected chi connectivity index (χ2v) is 5.98. The summed E-state index contributed by atoms with van der Waals surface area (Å²) >= 11 is 2.20. The van der Waals surface area contributed by atoms with E-state index >= 15 is 0 Å². The molecule has 0 aliphatic heterocycles. The molecule has 0 spiro atoms. The van der Waals surface area contributed by atoms with Crippen LogP contribution in [0.15, 0.2) is 3.79 Å². The molecule has 0 aromatic rings. The quantitative estimate of drug-likeness (QED) is 0.273. The molecule has 0 saturated heterocycles. The van der Waals surface area contributed by atoms with Gasteiger partial charge in [-0.2, -0.15) is 79.0 Å². The van der Waals surface area contributed by atoms with Crippen LogP contribution in [-0.2, 0) is 17.2 Å². The summed E-state index contributed by atoms with van der Waals surface area (Å²) in [7, 11) is 0. The minimum Gasteiger partial charge on any atom is -0.367 e. The minimum absolute atomic E-state index is 0. The van der Waals surface area contributed by atoms with Crippen LogP contribution in [0.1, 0.15) is 13.8 Å². The fraction of sp³-hybridized carbons (Fsp3) is 0.917. The molecular weight excluding hydrogens is 583 g/mol. The van der Waals surface area contributed by atoms with E-state index in [-0.39, 0.29) is 7.43 Å². The fourth-order valence-corrected chi connectivity index (χ4v) is 0.964. The molecule has 0 aliphatic carbocycles. The molecule has 0 rings (SSSR count). The van der Waals surface area contributed by atoms with Gasteiger partial charge in [-0.3, -0.25) is 0 Å². The van der Waals surface area contributed by atoms with Gasteiger partial charge in [-0.15, -0.1) is 0 Å². The first-order chi connectivity index (χ1) is 13.8. The number of aliphatic hydroxyl groups is 2. The zero-order valence-corrected chi connectivity index (χ0v) is 17.6. The van der Waals surface area contributed by atoms with E-state index in [9.17, 15) is 79.0 Å². The summed E-state index contributed by atoms with van der Waals surface area (Å²) < 4.78 is 209. The molecule has 34 heavy (non-hydrogen) atoms. The Morgan fingerprint density at radius 1 is 0.471 bits per heavy atom. The third kappa shape index (κ3) is 9.25. The largest absolute Gasteiger partial charge is 0.435 e. The van der Waals surface area contributed by atoms with E-state index < -0.39 is 48.3 Å². The van der Waals surface area contributed by atoms with Crippen LogP contribution < -0.4 is 0 Å². The van der Waals surface area contributed by atoms with E-state index in [1.54, 1.807) is 0 Å². The van der Waals surface area contributed by atoms with Crippen LogP contribution in [0.2, 0.25) is 0 Å². The Hall–Kier alpha value is -0.956. The van der Waals surface area contributed by atoms with Crippen molar-refractivity contribution in [3.63, 3.8) is 0 Å². The van der Waals surface area contributed by atoms with Crippen molar-refractivity contribution >= 4 is 0 Å². The van der Waals surface area contributed by atoms with Crippen molar-refractivity contribution < 1.29 is 106 Å². The summed E-state index contributed by atoms with van der Waals surface area (Å²) in [6.07, 6.45) is -41.2. The third-order valence-corrected chi connectivity index (χ3v) is 3.41. The third-order valence-electron chi connectivity index (χ3n) is 2.69. The summed E-state index contributed by atoms with van der Waals surface area (Å²) in [5.41, 5.74) is -13.4. The number of alkyl halides is 18. The average Bonchev–Trinajstić information content (AvgIpc) is 2.47. The normalized spacial score (nSPS) is 14.3. The maximum atomic E-state index is 11.4. The second-order valence-electron chi connectivity index (χ2n) is 5.62. The smallest absolute Gasteiger partial charge is 0.367 e. The molecule has 209 valence electrons. The van der Waals surface area contributed by atoms with Gasteiger partial charge in [0, 0.05) is 0 Å². The van der Waals surface area contributed by atoms with Gasteiger partial charge >= 0.3 is 89.2 Å². The van der Waals surface area contributed by atoms with Gasteiger partial charge in [-0.25, -0.2) is 0 Å². The zero-order valence-electron chi connectivity index (χ0n) is 16.2. The van der Waals surface area contributed by atoms with Gasteiger partial charge in [-0.1, -0.05) is 0 Å². The van der Waals surface area contributed by atoms with Crippen molar-refractivity contribution in [1.82, 2.24) is 0 Å². The van der Waals surface area contributed by atoms with E-state index in [4.69, 9.17) is 10.2 Å². The van der Waals surface area contributed by atoms with Crippen LogP contribution in [0.4, 0.5) is 79.0 Å². The standard InChI is InChI=1S/2C4HF9O.C3H7N.CH3.V/c2*5-2(6,7)1(14,3(8,9)10)4(11,12)13;1-3(2)4;;/h2*14H;3H,1-2H3;1H3;/q;;;-1;. The van der Waals surface area contributed by atoms with Crippen LogP contribution in [0, 0.1) is 7.43 Å². The maximum absolute atomic E-state index is 11.4. The number of hydrogen-bond donors (Lipinski definition) is 2. The molecule has 0 saturated carbocycles. The van der Waals surface area contributed by atoms with Crippen molar-refractivity contribution in [3.8, 4) is 0 Å². The summed E-state index contributed by atoms with van der Waals surface area (Å²) in [5.74, 6) is 0. The Morgan fingerprint density at radius 3 is 0.559 bits per heavy atom. The van der Waals surface area contributed by atoms with Crippen LogP contribution in [0.3, 0.4) is 0 Å². The van der Waals surface area contributed by atoms with Crippen LogP contribution >= 0.6 is 0 Å². The molecule has 0 aromatic heterocycles. The molecule has 0 fully saturated rings. The first kappa shape index (κ1) is 40.2. The summed E-state index contributed by atoms with van der Waals surface area (Å²) in [6.45, 7) is 4.08. The van der Waals surface area contributed by atoms with Gasteiger partial charge in [0.05, 0.1) is 0 Å². The van der Waals surface area contributed by atoms with Gasteiger partial charge in [0.25, 0.3) is 0 Å². The molecule has 0 bridgehead atoms. The van der Waals surface area contributed by atoms with E-state index in [2.05, 4.69) is 21.0 Å². The van der Waals surface area contributed by atoms with Crippen molar-refractivity contribution in [2.75, 3.05) is 0 Å². The molecule has 0 amide bonds. The van der Waals surface area contributed by atoms with Crippen LogP contribution in [-0.4, -0.2) is 64.5 Å². The molecule has 0 unspecified atom stereocenters. The van der Waals surface area contributed by atoms with E-state index in [1.807, 2.05) is 13.8 Å². The number of halogens is 18. The molecule has 0 radical (unpaired) electrons. The molecule has 0 atom stereocenters. The monoisotopic (exact) mass is 595 g/mol. The number of nitrogens with zero attached hydrogens (tertiary/aromatic N) is 1. The molecular formula is C12H12F18NO2V-. The van der Waals surface area contributed by atoms with Gasteiger partial charge in [0.1, 0.15) is 0 Å². The summed E-state index contributed by atoms with van der Waals surface area (Å²) in [6, 6.07) is 0.481. The van der Waals surface area contributed by atoms with E-state index in [1.165, 1.54) is 0 Å². The van der Waals surface area contributed by atoms with Crippen LogP contribution in [0.25, 0.3) is 0 Å². The first-order valence-corrected chi connectivity index (χ1v) is 7.59. The van der Waals surface area contributed by atoms with E-state index in [0.29, 0.717) is 6.04 Å². The molecule has 0 aromatic carbocycles. The van der Waals surface area contributed by atoms with Gasteiger partial charge in [0.15, 0.2) is 0 Å². The zero-order chi connectivity index (χ0) is 28.3. The fourth-order valence-electron chi connectivity index (χ4n) is 0.964. The molecule has 22 heteroatoms. The maximum Gasteiger partial charge on any atom is 0.435 e. The Kier molecular flexibility index (Phi) is 14.0. The molecule has 0 heterocycles. The van der Waals surface area contributed by atoms with Gasteiger partial charge in [0.2, 0.25) is 0 Å². The van der Waals surface area contributed by atoms with Gasteiger partial charge in [-0.05, 0) is 0 Å². The predicted molar refractivity (Wildman–Crippen MR) is 70.2 cm³/mol.